The minimum Gasteiger partial charge on any atom is -0.491 e. The minimum absolute atomic E-state index is 0.187. The molecule has 1 aromatic rings. The summed E-state index contributed by atoms with van der Waals surface area (Å²) in [7, 11) is 0. The highest BCUT2D eigenvalue weighted by Gasteiger charge is 2.05. The molecule has 0 saturated heterocycles. The first-order valence-corrected chi connectivity index (χ1v) is 6.75. The molecule has 0 amide bonds. The predicted molar refractivity (Wildman–Crippen MR) is 76.6 cm³/mol. The molecule has 0 aliphatic heterocycles. The first-order chi connectivity index (χ1) is 9.61. The zero-order valence-electron chi connectivity index (χ0n) is 12.0. The van der Waals surface area contributed by atoms with Crippen molar-refractivity contribution in [2.45, 2.75) is 26.1 Å². The van der Waals surface area contributed by atoms with Crippen LogP contribution in [-0.4, -0.2) is 43.6 Å². The van der Waals surface area contributed by atoms with Crippen LogP contribution in [0.15, 0.2) is 24.3 Å². The SMILES string of the molecule is CC(C)OCCNCC(O)COc1cccc(C#N)c1. The normalized spacial score (nSPS) is 12.2. The molecule has 20 heavy (non-hydrogen) atoms. The molecule has 0 heterocycles. The van der Waals surface area contributed by atoms with Crippen LogP contribution in [0.5, 0.6) is 5.75 Å². The number of ether oxygens (including phenoxy) is 2. The fourth-order valence-corrected chi connectivity index (χ4v) is 1.54. The maximum absolute atomic E-state index is 9.75. The van der Waals surface area contributed by atoms with Crippen molar-refractivity contribution in [3.05, 3.63) is 29.8 Å². The second-order valence-electron chi connectivity index (χ2n) is 4.73. The average Bonchev–Trinajstić information content (AvgIpc) is 2.44. The van der Waals surface area contributed by atoms with Gasteiger partial charge in [-0.2, -0.15) is 5.26 Å². The summed E-state index contributed by atoms with van der Waals surface area (Å²) in [6.07, 6.45) is -0.378. The van der Waals surface area contributed by atoms with Crippen molar-refractivity contribution in [2.24, 2.45) is 0 Å². The Labute approximate surface area is 120 Å². The van der Waals surface area contributed by atoms with E-state index in [9.17, 15) is 5.11 Å². The minimum atomic E-state index is -0.597. The molecule has 1 unspecified atom stereocenters. The predicted octanol–water partition coefficient (Wildman–Crippen LogP) is 1.31. The molecular weight excluding hydrogens is 256 g/mol. The largest absolute Gasteiger partial charge is 0.491 e. The van der Waals surface area contributed by atoms with Crippen LogP contribution in [0.1, 0.15) is 19.4 Å². The van der Waals surface area contributed by atoms with E-state index in [0.29, 0.717) is 31.0 Å². The lowest BCUT2D eigenvalue weighted by molar-refractivity contribution is 0.0735. The van der Waals surface area contributed by atoms with Gasteiger partial charge in [-0.15, -0.1) is 0 Å². The van der Waals surface area contributed by atoms with Crippen molar-refractivity contribution in [3.8, 4) is 11.8 Å². The standard InChI is InChI=1S/C15H22N2O3/c1-12(2)19-7-6-17-10-14(18)11-20-15-5-3-4-13(8-15)9-16/h3-5,8,12,14,17-18H,6-7,10-11H2,1-2H3. The Bertz CT molecular complexity index is 429. The van der Waals surface area contributed by atoms with Crippen LogP contribution in [0.4, 0.5) is 0 Å². The molecule has 0 spiro atoms. The zero-order chi connectivity index (χ0) is 14.8. The van der Waals surface area contributed by atoms with Crippen molar-refractivity contribution < 1.29 is 14.6 Å². The third-order valence-corrected chi connectivity index (χ3v) is 2.52. The van der Waals surface area contributed by atoms with E-state index < -0.39 is 6.10 Å². The van der Waals surface area contributed by atoms with Gasteiger partial charge in [0.1, 0.15) is 18.5 Å². The molecule has 2 N–H and O–H groups in total. The van der Waals surface area contributed by atoms with Gasteiger partial charge in [0.25, 0.3) is 0 Å². The van der Waals surface area contributed by atoms with Gasteiger partial charge >= 0.3 is 0 Å². The number of aliphatic hydroxyl groups excluding tert-OH is 1. The molecule has 5 nitrogen and oxygen atoms in total. The molecule has 0 bridgehead atoms. The fraction of sp³-hybridized carbons (Fsp3) is 0.533. The van der Waals surface area contributed by atoms with Gasteiger partial charge in [-0.3, -0.25) is 0 Å². The maximum Gasteiger partial charge on any atom is 0.120 e. The molecular formula is C15H22N2O3. The molecule has 1 rings (SSSR count). The van der Waals surface area contributed by atoms with Gasteiger partial charge in [0.15, 0.2) is 0 Å². The average molecular weight is 278 g/mol. The summed E-state index contributed by atoms with van der Waals surface area (Å²) in [5, 5.41) is 21.6. The first-order valence-electron chi connectivity index (χ1n) is 6.75. The van der Waals surface area contributed by atoms with Crippen molar-refractivity contribution in [1.82, 2.24) is 5.32 Å². The second kappa shape index (κ2) is 9.32. The number of hydrogen-bond acceptors (Lipinski definition) is 5. The van der Waals surface area contributed by atoms with Gasteiger partial charge in [-0.25, -0.2) is 0 Å². The zero-order valence-corrected chi connectivity index (χ0v) is 12.0. The van der Waals surface area contributed by atoms with Crippen LogP contribution in [-0.2, 0) is 4.74 Å². The summed E-state index contributed by atoms with van der Waals surface area (Å²) in [6.45, 7) is 5.91. The summed E-state index contributed by atoms with van der Waals surface area (Å²) in [6, 6.07) is 8.91. The summed E-state index contributed by atoms with van der Waals surface area (Å²) in [5.74, 6) is 0.589. The van der Waals surface area contributed by atoms with E-state index in [-0.39, 0.29) is 12.7 Å². The molecule has 0 aliphatic rings. The van der Waals surface area contributed by atoms with Gasteiger partial charge in [0.2, 0.25) is 0 Å². The highest BCUT2D eigenvalue weighted by atomic mass is 16.5. The molecule has 0 radical (unpaired) electrons. The quantitative estimate of drug-likeness (QED) is 0.666. The first kappa shape index (κ1) is 16.4. The van der Waals surface area contributed by atoms with Crippen LogP contribution in [0, 0.1) is 11.3 Å². The Morgan fingerprint density at radius 2 is 2.20 bits per heavy atom. The van der Waals surface area contributed by atoms with Crippen LogP contribution in [0.3, 0.4) is 0 Å². The van der Waals surface area contributed by atoms with E-state index in [0.717, 1.165) is 0 Å². The van der Waals surface area contributed by atoms with Crippen LogP contribution in [0.2, 0.25) is 0 Å². The van der Waals surface area contributed by atoms with Crippen molar-refractivity contribution in [2.75, 3.05) is 26.3 Å². The number of benzene rings is 1. The number of rotatable bonds is 9. The third-order valence-electron chi connectivity index (χ3n) is 2.52. The van der Waals surface area contributed by atoms with Gasteiger partial charge in [0, 0.05) is 13.1 Å². The number of aliphatic hydroxyl groups is 1. The summed E-state index contributed by atoms with van der Waals surface area (Å²) in [5.41, 5.74) is 0.543. The van der Waals surface area contributed by atoms with Gasteiger partial charge in [-0.05, 0) is 32.0 Å². The van der Waals surface area contributed by atoms with E-state index in [1.54, 1.807) is 24.3 Å². The Balaban J connectivity index is 2.16. The maximum atomic E-state index is 9.75. The summed E-state index contributed by atoms with van der Waals surface area (Å²) < 4.78 is 10.8. The lowest BCUT2D eigenvalue weighted by Gasteiger charge is -2.14. The topological polar surface area (TPSA) is 74.5 Å². The highest BCUT2D eigenvalue weighted by molar-refractivity contribution is 5.36. The molecule has 0 fully saturated rings. The lowest BCUT2D eigenvalue weighted by Crippen LogP contribution is -2.33. The second-order valence-corrected chi connectivity index (χ2v) is 4.73. The smallest absolute Gasteiger partial charge is 0.120 e. The fourth-order valence-electron chi connectivity index (χ4n) is 1.54. The Morgan fingerprint density at radius 1 is 1.40 bits per heavy atom. The van der Waals surface area contributed by atoms with E-state index in [2.05, 4.69) is 5.32 Å². The Morgan fingerprint density at radius 3 is 2.90 bits per heavy atom. The number of nitrogens with zero attached hydrogens (tertiary/aromatic N) is 1. The number of hydrogen-bond donors (Lipinski definition) is 2. The highest BCUT2D eigenvalue weighted by Crippen LogP contribution is 2.12. The molecule has 0 aromatic heterocycles. The van der Waals surface area contributed by atoms with Gasteiger partial charge in [0.05, 0.1) is 24.3 Å². The van der Waals surface area contributed by atoms with Crippen molar-refractivity contribution in [1.29, 1.82) is 5.26 Å². The van der Waals surface area contributed by atoms with Crippen LogP contribution >= 0.6 is 0 Å². The molecule has 0 saturated carbocycles. The van der Waals surface area contributed by atoms with Gasteiger partial charge in [-0.1, -0.05) is 6.07 Å². The van der Waals surface area contributed by atoms with Crippen molar-refractivity contribution in [3.63, 3.8) is 0 Å². The number of nitriles is 1. The summed E-state index contributed by atoms with van der Waals surface area (Å²) in [4.78, 5) is 0. The van der Waals surface area contributed by atoms with Crippen LogP contribution < -0.4 is 10.1 Å². The third kappa shape index (κ3) is 7.10. The Hall–Kier alpha value is -1.61. The van der Waals surface area contributed by atoms with Crippen molar-refractivity contribution >= 4 is 0 Å². The lowest BCUT2D eigenvalue weighted by atomic mass is 10.2. The molecule has 5 heteroatoms. The monoisotopic (exact) mass is 278 g/mol. The van der Waals surface area contributed by atoms with E-state index in [4.69, 9.17) is 14.7 Å². The summed E-state index contributed by atoms with van der Waals surface area (Å²) >= 11 is 0. The number of nitrogens with one attached hydrogen (secondary N) is 1. The van der Waals surface area contributed by atoms with Crippen LogP contribution in [0.25, 0.3) is 0 Å². The van der Waals surface area contributed by atoms with E-state index in [1.807, 2.05) is 19.9 Å². The molecule has 1 atom stereocenters. The molecule has 0 aliphatic carbocycles. The van der Waals surface area contributed by atoms with Gasteiger partial charge < -0.3 is 19.9 Å². The Kier molecular flexibility index (Phi) is 7.66. The molecule has 1 aromatic carbocycles. The molecule has 110 valence electrons. The van der Waals surface area contributed by atoms with E-state index in [1.165, 1.54) is 0 Å². The van der Waals surface area contributed by atoms with E-state index >= 15 is 0 Å².